The van der Waals surface area contributed by atoms with Gasteiger partial charge >= 0.3 is 0 Å². The first-order valence-electron chi connectivity index (χ1n) is 9.81. The van der Waals surface area contributed by atoms with Gasteiger partial charge in [-0.1, -0.05) is 20.8 Å². The van der Waals surface area contributed by atoms with Gasteiger partial charge in [0.25, 0.3) is 11.8 Å². The second-order valence-corrected chi connectivity index (χ2v) is 9.56. The predicted molar refractivity (Wildman–Crippen MR) is 113 cm³/mol. The lowest BCUT2D eigenvalue weighted by molar-refractivity contribution is 0.0944. The Morgan fingerprint density at radius 1 is 1.21 bits per heavy atom. The number of nitrogens with one attached hydrogen (secondary N) is 2. The maximum absolute atomic E-state index is 13.2. The second kappa shape index (κ2) is 8.63. The van der Waals surface area contributed by atoms with Gasteiger partial charge in [0.15, 0.2) is 0 Å². The van der Waals surface area contributed by atoms with Crippen LogP contribution in [-0.2, 0) is 12.8 Å². The van der Waals surface area contributed by atoms with Crippen LogP contribution < -0.4 is 10.6 Å². The van der Waals surface area contributed by atoms with Crippen LogP contribution in [0.2, 0.25) is 0 Å². The van der Waals surface area contributed by atoms with E-state index in [1.54, 1.807) is 0 Å². The fraction of sp³-hybridized carbons (Fsp3) is 0.455. The summed E-state index contributed by atoms with van der Waals surface area (Å²) in [4.78, 5) is 26.6. The minimum absolute atomic E-state index is 0.151. The number of carbonyl (C=O) groups excluding carboxylic acids is 2. The predicted octanol–water partition coefficient (Wildman–Crippen LogP) is 4.01. The molecule has 1 heterocycles. The normalized spacial score (nSPS) is 16.2. The molecule has 1 unspecified atom stereocenters. The zero-order valence-corrected chi connectivity index (χ0v) is 17.8. The van der Waals surface area contributed by atoms with E-state index in [2.05, 4.69) is 31.4 Å². The number of fused-ring (bicyclic) bond motifs is 1. The summed E-state index contributed by atoms with van der Waals surface area (Å²) in [5.41, 5.74) is 1.96. The molecular weight excluding hydrogens is 391 g/mol. The lowest BCUT2D eigenvalue weighted by Crippen LogP contribution is -2.30. The van der Waals surface area contributed by atoms with Crippen molar-refractivity contribution >= 4 is 28.2 Å². The van der Waals surface area contributed by atoms with E-state index in [4.69, 9.17) is 5.11 Å². The van der Waals surface area contributed by atoms with Crippen LogP contribution in [0.1, 0.15) is 58.3 Å². The third kappa shape index (κ3) is 4.85. The van der Waals surface area contributed by atoms with Crippen molar-refractivity contribution in [2.24, 2.45) is 11.3 Å². The summed E-state index contributed by atoms with van der Waals surface area (Å²) >= 11 is 1.44. The third-order valence-corrected chi connectivity index (χ3v) is 6.62. The Morgan fingerprint density at radius 3 is 2.52 bits per heavy atom. The number of aliphatic hydroxyl groups excluding tert-OH is 1. The molecule has 1 aromatic carbocycles. The Morgan fingerprint density at radius 2 is 1.90 bits per heavy atom. The SMILES string of the molecule is CC(C)(C)C1CCc2c(sc(NC(=O)c3ccc(F)cc3)c2C(=O)NCCO)C1. The standard InChI is InChI=1S/C22H27FN2O3S/c1-22(2,3)14-6-9-16-17(12-14)29-21(18(16)20(28)24-10-11-26)25-19(27)13-4-7-15(23)8-5-13/h4-5,7-8,14,26H,6,9-12H2,1-3H3,(H,24,28)(H,25,27). The first-order chi connectivity index (χ1) is 13.7. The zero-order chi connectivity index (χ0) is 21.2. The summed E-state index contributed by atoms with van der Waals surface area (Å²) in [6.07, 6.45) is 2.64. The van der Waals surface area contributed by atoms with E-state index in [-0.39, 0.29) is 30.4 Å². The quantitative estimate of drug-likeness (QED) is 0.686. The molecule has 29 heavy (non-hydrogen) atoms. The second-order valence-electron chi connectivity index (χ2n) is 8.45. The van der Waals surface area contributed by atoms with Crippen LogP contribution in [0.15, 0.2) is 24.3 Å². The van der Waals surface area contributed by atoms with Gasteiger partial charge in [-0.3, -0.25) is 9.59 Å². The molecule has 3 N–H and O–H groups in total. The minimum atomic E-state index is -0.412. The Labute approximate surface area is 174 Å². The van der Waals surface area contributed by atoms with Gasteiger partial charge < -0.3 is 15.7 Å². The summed E-state index contributed by atoms with van der Waals surface area (Å²) in [6, 6.07) is 5.30. The number of carbonyl (C=O) groups is 2. The number of rotatable bonds is 5. The molecule has 0 fully saturated rings. The lowest BCUT2D eigenvalue weighted by Gasteiger charge is -2.33. The van der Waals surface area contributed by atoms with Crippen LogP contribution >= 0.6 is 11.3 Å². The average Bonchev–Trinajstić information content (AvgIpc) is 3.02. The third-order valence-electron chi connectivity index (χ3n) is 5.45. The molecule has 1 aliphatic rings. The Bertz CT molecular complexity index is 900. The molecule has 0 saturated carbocycles. The monoisotopic (exact) mass is 418 g/mol. The van der Waals surface area contributed by atoms with Crippen molar-refractivity contribution in [2.75, 3.05) is 18.5 Å². The largest absolute Gasteiger partial charge is 0.395 e. The number of aliphatic hydroxyl groups is 1. The van der Waals surface area contributed by atoms with Gasteiger partial charge in [0.05, 0.1) is 12.2 Å². The summed E-state index contributed by atoms with van der Waals surface area (Å²) in [6.45, 7) is 6.67. The summed E-state index contributed by atoms with van der Waals surface area (Å²) in [7, 11) is 0. The van der Waals surface area contributed by atoms with Crippen LogP contribution in [0.25, 0.3) is 0 Å². The van der Waals surface area contributed by atoms with Crippen molar-refractivity contribution in [1.82, 2.24) is 5.32 Å². The van der Waals surface area contributed by atoms with Crippen molar-refractivity contribution in [3.8, 4) is 0 Å². The average molecular weight is 419 g/mol. The van der Waals surface area contributed by atoms with E-state index >= 15 is 0 Å². The molecular formula is C22H27FN2O3S. The highest BCUT2D eigenvalue weighted by Gasteiger charge is 2.34. The van der Waals surface area contributed by atoms with Crippen molar-refractivity contribution in [2.45, 2.75) is 40.0 Å². The molecule has 0 bridgehead atoms. The van der Waals surface area contributed by atoms with Crippen LogP contribution in [0, 0.1) is 17.2 Å². The number of thiophene rings is 1. The number of benzene rings is 1. The van der Waals surface area contributed by atoms with Gasteiger partial charge in [-0.2, -0.15) is 0 Å². The fourth-order valence-corrected chi connectivity index (χ4v) is 5.01. The number of halogens is 1. The first kappa shape index (κ1) is 21.5. The topological polar surface area (TPSA) is 78.4 Å². The lowest BCUT2D eigenvalue weighted by atomic mass is 9.72. The Kier molecular flexibility index (Phi) is 6.39. The molecule has 1 atom stereocenters. The molecule has 156 valence electrons. The van der Waals surface area contributed by atoms with Crippen LogP contribution in [0.4, 0.5) is 9.39 Å². The highest BCUT2D eigenvalue weighted by molar-refractivity contribution is 7.17. The van der Waals surface area contributed by atoms with E-state index < -0.39 is 5.82 Å². The van der Waals surface area contributed by atoms with E-state index in [0.717, 1.165) is 29.7 Å². The van der Waals surface area contributed by atoms with Crippen LogP contribution in [0.3, 0.4) is 0 Å². The molecule has 0 radical (unpaired) electrons. The molecule has 0 spiro atoms. The summed E-state index contributed by atoms with van der Waals surface area (Å²) in [5, 5.41) is 15.1. The minimum Gasteiger partial charge on any atom is -0.395 e. The molecule has 2 aromatic rings. The molecule has 0 saturated heterocycles. The molecule has 3 rings (SSSR count). The number of hydrogen-bond acceptors (Lipinski definition) is 4. The number of hydrogen-bond donors (Lipinski definition) is 3. The maximum Gasteiger partial charge on any atom is 0.256 e. The Hall–Kier alpha value is -2.25. The Balaban J connectivity index is 1.92. The number of anilines is 1. The zero-order valence-electron chi connectivity index (χ0n) is 17.0. The highest BCUT2D eigenvalue weighted by atomic mass is 32.1. The highest BCUT2D eigenvalue weighted by Crippen LogP contribution is 2.44. The van der Waals surface area contributed by atoms with E-state index in [0.29, 0.717) is 22.0 Å². The van der Waals surface area contributed by atoms with E-state index in [9.17, 15) is 14.0 Å². The maximum atomic E-state index is 13.2. The van der Waals surface area contributed by atoms with Gasteiger partial charge in [-0.05, 0) is 60.4 Å². The van der Waals surface area contributed by atoms with Gasteiger partial charge in [-0.25, -0.2) is 4.39 Å². The molecule has 1 aliphatic carbocycles. The van der Waals surface area contributed by atoms with Crippen LogP contribution in [0.5, 0.6) is 0 Å². The van der Waals surface area contributed by atoms with E-state index in [1.165, 1.54) is 35.6 Å². The van der Waals surface area contributed by atoms with E-state index in [1.807, 2.05) is 0 Å². The first-order valence-corrected chi connectivity index (χ1v) is 10.6. The van der Waals surface area contributed by atoms with Crippen molar-refractivity contribution < 1.29 is 19.1 Å². The van der Waals surface area contributed by atoms with Crippen molar-refractivity contribution in [1.29, 1.82) is 0 Å². The van der Waals surface area contributed by atoms with Crippen molar-refractivity contribution in [3.05, 3.63) is 51.7 Å². The fourth-order valence-electron chi connectivity index (χ4n) is 3.69. The molecule has 5 nitrogen and oxygen atoms in total. The number of amides is 2. The van der Waals surface area contributed by atoms with Crippen LogP contribution in [-0.4, -0.2) is 30.1 Å². The van der Waals surface area contributed by atoms with Gasteiger partial charge in [0.1, 0.15) is 10.8 Å². The molecule has 7 heteroatoms. The van der Waals surface area contributed by atoms with Crippen molar-refractivity contribution in [3.63, 3.8) is 0 Å². The molecule has 1 aromatic heterocycles. The summed E-state index contributed by atoms with van der Waals surface area (Å²) < 4.78 is 13.2. The van der Waals surface area contributed by atoms with Gasteiger partial charge in [0, 0.05) is 17.0 Å². The van der Waals surface area contributed by atoms with Gasteiger partial charge in [0.2, 0.25) is 0 Å². The molecule has 2 amide bonds. The molecule has 0 aliphatic heterocycles. The smallest absolute Gasteiger partial charge is 0.256 e. The summed E-state index contributed by atoms with van der Waals surface area (Å²) in [5.74, 6) is -0.583. The van der Waals surface area contributed by atoms with Gasteiger partial charge in [-0.15, -0.1) is 11.3 Å².